The van der Waals surface area contributed by atoms with Crippen LogP contribution in [0.25, 0.3) is 0 Å². The van der Waals surface area contributed by atoms with Gasteiger partial charge in [0.15, 0.2) is 0 Å². The first-order valence-electron chi connectivity index (χ1n) is 14.1. The first-order chi connectivity index (χ1) is 21.3. The van der Waals surface area contributed by atoms with E-state index < -0.39 is 0 Å². The zero-order valence-corrected chi connectivity index (χ0v) is 26.3. The van der Waals surface area contributed by atoms with Gasteiger partial charge in [-0.3, -0.25) is 9.79 Å². The Morgan fingerprint density at radius 2 is 1.57 bits per heavy atom. The molecule has 236 valence electrons. The summed E-state index contributed by atoms with van der Waals surface area (Å²) in [5, 5.41) is 26.0. The van der Waals surface area contributed by atoms with Crippen LogP contribution < -0.4 is 26.6 Å². The molecule has 11 nitrogen and oxygen atoms in total. The normalized spacial score (nSPS) is 11.7. The Hall–Kier alpha value is -3.87. The van der Waals surface area contributed by atoms with E-state index in [9.17, 15) is 9.90 Å². The van der Waals surface area contributed by atoms with Crippen molar-refractivity contribution in [3.8, 4) is 5.75 Å². The second-order valence-electron chi connectivity index (χ2n) is 9.44. The molecule has 0 aliphatic heterocycles. The Kier molecular flexibility index (Phi) is 15.3. The zero-order chi connectivity index (χ0) is 31.6. The number of ether oxygens (including phenoxy) is 2. The minimum absolute atomic E-state index is 0.167. The van der Waals surface area contributed by atoms with Crippen LogP contribution in [0.5, 0.6) is 5.75 Å². The lowest BCUT2D eigenvalue weighted by atomic mass is 10.1. The second kappa shape index (κ2) is 19.4. The van der Waals surface area contributed by atoms with Gasteiger partial charge in [-0.1, -0.05) is 29.3 Å². The van der Waals surface area contributed by atoms with E-state index in [1.54, 1.807) is 48.5 Å². The van der Waals surface area contributed by atoms with Crippen molar-refractivity contribution < 1.29 is 19.4 Å². The van der Waals surface area contributed by atoms with E-state index in [2.05, 4.69) is 36.6 Å². The van der Waals surface area contributed by atoms with Crippen LogP contribution in [0.4, 0.5) is 11.4 Å². The highest BCUT2D eigenvalue weighted by Crippen LogP contribution is 2.22. The Balaban J connectivity index is 1.50. The summed E-state index contributed by atoms with van der Waals surface area (Å²) in [5.41, 5.74) is 2.90. The van der Waals surface area contributed by atoms with E-state index in [1.165, 1.54) is 0 Å². The number of hydrogen-bond donors (Lipinski definition) is 6. The van der Waals surface area contributed by atoms with Crippen LogP contribution in [-0.2, 0) is 16.0 Å². The van der Waals surface area contributed by atoms with Crippen LogP contribution in [0.2, 0.25) is 10.0 Å². The first kappa shape index (κ1) is 34.6. The average molecular weight is 645 g/mol. The Bertz CT molecular complexity index is 1370. The lowest BCUT2D eigenvalue weighted by Crippen LogP contribution is -2.35. The van der Waals surface area contributed by atoms with E-state index in [4.69, 9.17) is 32.7 Å². The Labute approximate surface area is 268 Å². The summed E-state index contributed by atoms with van der Waals surface area (Å²) in [7, 11) is 1.88. The number of guanidine groups is 1. The number of carbonyl (C=O) groups excluding carboxylic acids is 1. The number of hydrogen-bond acceptors (Lipinski definition) is 8. The maximum absolute atomic E-state index is 12.6. The molecular weight excluding hydrogens is 605 g/mol. The molecule has 0 spiro atoms. The molecule has 0 saturated carbocycles. The summed E-state index contributed by atoms with van der Waals surface area (Å²) in [4.78, 5) is 21.7. The molecular formula is C31H39Cl2N7O4. The fourth-order valence-corrected chi connectivity index (χ4v) is 3.98. The number of aromatic hydroxyl groups is 1. The summed E-state index contributed by atoms with van der Waals surface area (Å²) in [6.45, 7) is 5.86. The van der Waals surface area contributed by atoms with Crippen LogP contribution in [0.15, 0.2) is 76.7 Å². The van der Waals surface area contributed by atoms with Gasteiger partial charge in [-0.2, -0.15) is 0 Å². The van der Waals surface area contributed by atoms with Gasteiger partial charge in [0.2, 0.25) is 5.96 Å². The van der Waals surface area contributed by atoms with Crippen molar-refractivity contribution in [3.05, 3.63) is 87.9 Å². The summed E-state index contributed by atoms with van der Waals surface area (Å²) >= 11 is 12.0. The molecule has 0 aliphatic carbocycles. The van der Waals surface area contributed by atoms with Gasteiger partial charge in [-0.15, -0.1) is 0 Å². The number of anilines is 2. The first-order valence-corrected chi connectivity index (χ1v) is 14.8. The number of aliphatic imine (C=N–C) groups is 2. The van der Waals surface area contributed by atoms with Gasteiger partial charge < -0.3 is 41.2 Å². The van der Waals surface area contributed by atoms with Crippen molar-refractivity contribution >= 4 is 52.3 Å². The second-order valence-corrected chi connectivity index (χ2v) is 10.3. The average Bonchev–Trinajstić information content (AvgIpc) is 3.02. The molecule has 0 aliphatic rings. The highest BCUT2D eigenvalue weighted by atomic mass is 35.5. The van der Waals surface area contributed by atoms with Crippen LogP contribution in [0.3, 0.4) is 0 Å². The fraction of sp³-hybridized carbons (Fsp3) is 0.323. The fourth-order valence-electron chi connectivity index (χ4n) is 3.66. The minimum atomic E-state index is -0.205. The van der Waals surface area contributed by atoms with E-state index in [1.807, 2.05) is 32.2 Å². The van der Waals surface area contributed by atoms with Gasteiger partial charge >= 0.3 is 0 Å². The molecule has 0 bridgehead atoms. The van der Waals surface area contributed by atoms with Crippen molar-refractivity contribution in [1.29, 1.82) is 0 Å². The summed E-state index contributed by atoms with van der Waals surface area (Å²) < 4.78 is 11.0. The molecule has 6 N–H and O–H groups in total. The topological polar surface area (TPSA) is 141 Å². The van der Waals surface area contributed by atoms with Crippen molar-refractivity contribution in [1.82, 2.24) is 16.0 Å². The lowest BCUT2D eigenvalue weighted by Gasteiger charge is -2.13. The molecule has 1 amide bonds. The molecule has 3 aromatic rings. The molecule has 0 heterocycles. The van der Waals surface area contributed by atoms with Crippen molar-refractivity contribution in [3.63, 3.8) is 0 Å². The van der Waals surface area contributed by atoms with Gasteiger partial charge in [-0.05, 0) is 80.2 Å². The van der Waals surface area contributed by atoms with Gasteiger partial charge in [0.05, 0.1) is 48.9 Å². The molecule has 3 aromatic carbocycles. The van der Waals surface area contributed by atoms with Crippen LogP contribution in [-0.4, -0.2) is 76.0 Å². The third kappa shape index (κ3) is 13.2. The summed E-state index contributed by atoms with van der Waals surface area (Å²) in [6, 6.07) is 19.0. The van der Waals surface area contributed by atoms with E-state index in [0.29, 0.717) is 66.9 Å². The van der Waals surface area contributed by atoms with Crippen LogP contribution in [0.1, 0.15) is 22.8 Å². The van der Waals surface area contributed by atoms with Gasteiger partial charge in [0.1, 0.15) is 12.4 Å². The Morgan fingerprint density at radius 1 is 0.864 bits per heavy atom. The number of rotatable bonds is 16. The third-order valence-corrected chi connectivity index (χ3v) is 6.73. The molecule has 44 heavy (non-hydrogen) atoms. The van der Waals surface area contributed by atoms with Gasteiger partial charge in [0.25, 0.3) is 5.91 Å². The number of amidine groups is 1. The van der Waals surface area contributed by atoms with Gasteiger partial charge in [0, 0.05) is 30.0 Å². The molecule has 0 atom stereocenters. The minimum Gasteiger partial charge on any atom is -0.508 e. The molecule has 13 heteroatoms. The SMILES string of the molecule is CNCCOCCOCCN=C(C)N/C(=N\CNc1ccc(C(=O)NCc2ccc(Cl)c(Cl)c2)cc1)Nc1ccc(O)cc1. The van der Waals surface area contributed by atoms with E-state index >= 15 is 0 Å². The molecule has 0 aromatic heterocycles. The molecule has 0 radical (unpaired) electrons. The van der Waals surface area contributed by atoms with Crippen molar-refractivity contribution in [2.24, 2.45) is 9.98 Å². The zero-order valence-electron chi connectivity index (χ0n) is 24.8. The standard InChI is InChI=1S/C31H39Cl2N7O4/c1-22(35-14-16-44-18-17-43-15-13-34-2)39-31(40-26-8-10-27(41)11-9-26)38-21-37-25-6-4-24(5-7-25)30(42)36-20-23-3-12-28(32)29(33)19-23/h3-12,19,34,37,41H,13-18,20-21H2,1-2H3,(H,36,42)(H2,35,38,39,40). The number of nitrogens with one attached hydrogen (secondary N) is 5. The summed E-state index contributed by atoms with van der Waals surface area (Å²) in [5.74, 6) is 1.07. The Morgan fingerprint density at radius 3 is 2.27 bits per heavy atom. The highest BCUT2D eigenvalue weighted by Gasteiger charge is 2.07. The summed E-state index contributed by atoms with van der Waals surface area (Å²) in [6.07, 6.45) is 0. The number of halogens is 2. The highest BCUT2D eigenvalue weighted by molar-refractivity contribution is 6.42. The molecule has 0 unspecified atom stereocenters. The van der Waals surface area contributed by atoms with Gasteiger partial charge in [-0.25, -0.2) is 4.99 Å². The number of likely N-dealkylation sites (N-methyl/N-ethyl adjacent to an activating group) is 1. The number of benzene rings is 3. The maximum Gasteiger partial charge on any atom is 0.251 e. The van der Waals surface area contributed by atoms with E-state index in [-0.39, 0.29) is 18.3 Å². The predicted molar refractivity (Wildman–Crippen MR) is 178 cm³/mol. The molecule has 0 saturated heterocycles. The monoisotopic (exact) mass is 643 g/mol. The predicted octanol–water partition coefficient (Wildman–Crippen LogP) is 4.73. The quantitative estimate of drug-likeness (QED) is 0.0570. The number of amides is 1. The maximum atomic E-state index is 12.6. The number of nitrogens with zero attached hydrogens (tertiary/aromatic N) is 2. The van der Waals surface area contributed by atoms with Crippen molar-refractivity contribution in [2.45, 2.75) is 13.5 Å². The largest absolute Gasteiger partial charge is 0.508 e. The third-order valence-electron chi connectivity index (χ3n) is 5.99. The smallest absolute Gasteiger partial charge is 0.251 e. The lowest BCUT2D eigenvalue weighted by molar-refractivity contribution is 0.0524. The number of phenolic OH excluding ortho intramolecular Hbond substituents is 1. The van der Waals surface area contributed by atoms with E-state index in [0.717, 1.165) is 23.5 Å². The molecule has 0 fully saturated rings. The molecule has 3 rings (SSSR count). The number of carbonyl (C=O) groups is 1. The van der Waals surface area contributed by atoms with Crippen LogP contribution in [0, 0.1) is 0 Å². The van der Waals surface area contributed by atoms with Crippen LogP contribution >= 0.6 is 23.2 Å². The number of phenols is 1. The van der Waals surface area contributed by atoms with Crippen molar-refractivity contribution in [2.75, 3.05) is 63.9 Å².